The molecule has 2 aromatic rings. The summed E-state index contributed by atoms with van der Waals surface area (Å²) < 4.78 is 16.2. The van der Waals surface area contributed by atoms with Crippen LogP contribution in [0.25, 0.3) is 0 Å². The summed E-state index contributed by atoms with van der Waals surface area (Å²) in [6, 6.07) is 9.60. The average molecular weight is 356 g/mol. The molecular weight excluding hydrogens is 336 g/mol. The number of carbonyl (C=O) groups is 2. The first-order valence-corrected chi connectivity index (χ1v) is 8.27. The van der Waals surface area contributed by atoms with Crippen molar-refractivity contribution in [3.63, 3.8) is 0 Å². The van der Waals surface area contributed by atoms with Crippen LogP contribution in [0.3, 0.4) is 0 Å². The van der Waals surface area contributed by atoms with E-state index >= 15 is 0 Å². The van der Waals surface area contributed by atoms with Gasteiger partial charge in [0.25, 0.3) is 0 Å². The summed E-state index contributed by atoms with van der Waals surface area (Å²) in [5, 5.41) is 5.32. The van der Waals surface area contributed by atoms with Crippen LogP contribution in [0.1, 0.15) is 24.3 Å². The number of amides is 2. The summed E-state index contributed by atoms with van der Waals surface area (Å²) in [7, 11) is 0. The second kappa shape index (κ2) is 7.77. The van der Waals surface area contributed by atoms with E-state index in [4.69, 9.17) is 13.9 Å². The van der Waals surface area contributed by atoms with Gasteiger partial charge in [0.2, 0.25) is 0 Å². The van der Waals surface area contributed by atoms with Crippen molar-refractivity contribution in [3.05, 3.63) is 66.3 Å². The lowest BCUT2D eigenvalue weighted by molar-refractivity contribution is -0.150. The Morgan fingerprint density at radius 1 is 1.27 bits per heavy atom. The molecule has 2 heterocycles. The molecule has 3 rings (SSSR count). The van der Waals surface area contributed by atoms with E-state index in [0.717, 1.165) is 0 Å². The molecule has 7 heteroatoms. The number of furan rings is 1. The first-order chi connectivity index (χ1) is 12.6. The van der Waals surface area contributed by atoms with Gasteiger partial charge in [-0.1, -0.05) is 24.8 Å². The van der Waals surface area contributed by atoms with Gasteiger partial charge >= 0.3 is 12.0 Å². The number of nitrogens with one attached hydrogen (secondary N) is 2. The van der Waals surface area contributed by atoms with Crippen LogP contribution in [-0.4, -0.2) is 18.6 Å². The first kappa shape index (κ1) is 17.6. The standard InChI is InChI=1S/C19H20N2O5/c1-3-24-15-9-5-4-8-14(15)17-16(12(2)20-19(23)21-17)18(22)26-11-13-7-6-10-25-13/h4-10,16-17H,2-3,11H2,1H3,(H2,20,21,23). The Morgan fingerprint density at radius 2 is 2.08 bits per heavy atom. The number of hydrogen-bond donors (Lipinski definition) is 2. The van der Waals surface area contributed by atoms with Crippen LogP contribution in [0, 0.1) is 5.92 Å². The molecule has 0 bridgehead atoms. The number of hydrogen-bond acceptors (Lipinski definition) is 5. The zero-order valence-electron chi connectivity index (χ0n) is 14.4. The summed E-state index contributed by atoms with van der Waals surface area (Å²) >= 11 is 0. The van der Waals surface area contributed by atoms with Gasteiger partial charge in [0.1, 0.15) is 24.0 Å². The van der Waals surface area contributed by atoms with Crippen LogP contribution in [0.15, 0.2) is 59.4 Å². The smallest absolute Gasteiger partial charge is 0.319 e. The van der Waals surface area contributed by atoms with Gasteiger partial charge in [-0.2, -0.15) is 0 Å². The Labute approximate surface area is 151 Å². The number of ether oxygens (including phenoxy) is 2. The molecule has 1 fully saturated rings. The molecule has 1 aliphatic rings. The van der Waals surface area contributed by atoms with Crippen molar-refractivity contribution >= 4 is 12.0 Å². The lowest BCUT2D eigenvalue weighted by atomic mass is 9.88. The third-order valence-corrected chi connectivity index (χ3v) is 4.01. The van der Waals surface area contributed by atoms with Crippen LogP contribution >= 0.6 is 0 Å². The van der Waals surface area contributed by atoms with E-state index in [0.29, 0.717) is 23.7 Å². The summed E-state index contributed by atoms with van der Waals surface area (Å²) in [5.74, 6) is -0.193. The predicted molar refractivity (Wildman–Crippen MR) is 93.2 cm³/mol. The van der Waals surface area contributed by atoms with Crippen molar-refractivity contribution in [2.45, 2.75) is 19.6 Å². The Balaban J connectivity index is 1.86. The predicted octanol–water partition coefficient (Wildman–Crippen LogP) is 2.91. The Kier molecular flexibility index (Phi) is 5.26. The van der Waals surface area contributed by atoms with Crippen LogP contribution in [0.2, 0.25) is 0 Å². The molecule has 1 aromatic carbocycles. The van der Waals surface area contributed by atoms with E-state index < -0.39 is 24.0 Å². The lowest BCUT2D eigenvalue weighted by Crippen LogP contribution is -2.51. The Morgan fingerprint density at radius 3 is 2.81 bits per heavy atom. The monoisotopic (exact) mass is 356 g/mol. The zero-order chi connectivity index (χ0) is 18.5. The number of rotatable bonds is 6. The fourth-order valence-electron chi connectivity index (χ4n) is 2.87. The maximum atomic E-state index is 12.7. The number of carbonyl (C=O) groups excluding carboxylic acids is 2. The van der Waals surface area contributed by atoms with Gasteiger partial charge in [-0.25, -0.2) is 4.79 Å². The largest absolute Gasteiger partial charge is 0.494 e. The molecule has 2 unspecified atom stereocenters. The van der Waals surface area contributed by atoms with Gasteiger partial charge in [0.05, 0.1) is 18.9 Å². The molecule has 0 saturated carbocycles. The topological polar surface area (TPSA) is 89.8 Å². The third-order valence-electron chi connectivity index (χ3n) is 4.01. The summed E-state index contributed by atoms with van der Waals surface area (Å²) in [4.78, 5) is 24.7. The quantitative estimate of drug-likeness (QED) is 0.777. The number of benzene rings is 1. The molecule has 136 valence electrons. The maximum Gasteiger partial charge on any atom is 0.319 e. The number of urea groups is 1. The molecule has 2 atom stereocenters. The number of esters is 1. The first-order valence-electron chi connectivity index (χ1n) is 8.27. The lowest BCUT2D eigenvalue weighted by Gasteiger charge is -2.33. The van der Waals surface area contributed by atoms with Crippen LogP contribution < -0.4 is 15.4 Å². The van der Waals surface area contributed by atoms with Crippen molar-refractivity contribution in [1.82, 2.24) is 10.6 Å². The van der Waals surface area contributed by atoms with Gasteiger partial charge < -0.3 is 24.5 Å². The molecule has 1 saturated heterocycles. The van der Waals surface area contributed by atoms with Crippen molar-refractivity contribution in [1.29, 1.82) is 0 Å². The third kappa shape index (κ3) is 3.72. The zero-order valence-corrected chi connectivity index (χ0v) is 14.4. The fraction of sp³-hybridized carbons (Fsp3) is 0.263. The van der Waals surface area contributed by atoms with Crippen LogP contribution in [0.5, 0.6) is 5.75 Å². The molecule has 2 N–H and O–H groups in total. The fourth-order valence-corrected chi connectivity index (χ4v) is 2.87. The molecule has 2 amide bonds. The van der Waals surface area contributed by atoms with Crippen LogP contribution in [-0.2, 0) is 16.1 Å². The average Bonchev–Trinajstić information content (AvgIpc) is 3.13. The van der Waals surface area contributed by atoms with E-state index in [1.807, 2.05) is 19.1 Å². The highest BCUT2D eigenvalue weighted by atomic mass is 16.5. The molecule has 7 nitrogen and oxygen atoms in total. The van der Waals surface area contributed by atoms with Gasteiger partial charge in [-0.3, -0.25) is 4.79 Å². The van der Waals surface area contributed by atoms with Gasteiger partial charge in [-0.05, 0) is 25.1 Å². The molecule has 1 aliphatic heterocycles. The highest BCUT2D eigenvalue weighted by Gasteiger charge is 2.40. The maximum absolute atomic E-state index is 12.7. The summed E-state index contributed by atoms with van der Waals surface area (Å²) in [6.45, 7) is 6.16. The van der Waals surface area contributed by atoms with Gasteiger partial charge in [0.15, 0.2) is 0 Å². The summed E-state index contributed by atoms with van der Waals surface area (Å²) in [6.07, 6.45) is 1.51. The SMILES string of the molecule is C=C1NC(=O)NC(c2ccccc2OCC)C1C(=O)OCc1ccco1. The highest BCUT2D eigenvalue weighted by Crippen LogP contribution is 2.35. The van der Waals surface area contributed by atoms with Crippen molar-refractivity contribution in [2.75, 3.05) is 6.61 Å². The molecule has 1 aromatic heterocycles. The highest BCUT2D eigenvalue weighted by molar-refractivity contribution is 5.85. The van der Waals surface area contributed by atoms with Crippen molar-refractivity contribution in [3.8, 4) is 5.75 Å². The minimum absolute atomic E-state index is 0.00336. The van der Waals surface area contributed by atoms with Crippen molar-refractivity contribution < 1.29 is 23.5 Å². The van der Waals surface area contributed by atoms with E-state index in [1.165, 1.54) is 6.26 Å². The van der Waals surface area contributed by atoms with E-state index in [9.17, 15) is 9.59 Å². The van der Waals surface area contributed by atoms with Gasteiger partial charge in [-0.15, -0.1) is 0 Å². The summed E-state index contributed by atoms with van der Waals surface area (Å²) in [5.41, 5.74) is 0.958. The minimum atomic E-state index is -0.802. The molecule has 0 aliphatic carbocycles. The Bertz CT molecular complexity index is 800. The molecular formula is C19H20N2O5. The second-order valence-electron chi connectivity index (χ2n) is 5.74. The van der Waals surface area contributed by atoms with E-state index in [1.54, 1.807) is 24.3 Å². The van der Waals surface area contributed by atoms with Crippen molar-refractivity contribution in [2.24, 2.45) is 5.92 Å². The molecule has 26 heavy (non-hydrogen) atoms. The normalized spacial score (nSPS) is 19.4. The van der Waals surface area contributed by atoms with E-state index in [2.05, 4.69) is 17.2 Å². The molecule has 0 spiro atoms. The second-order valence-corrected chi connectivity index (χ2v) is 5.74. The number of para-hydroxylation sites is 1. The van der Waals surface area contributed by atoms with Crippen LogP contribution in [0.4, 0.5) is 4.79 Å². The minimum Gasteiger partial charge on any atom is -0.494 e. The van der Waals surface area contributed by atoms with E-state index in [-0.39, 0.29) is 12.3 Å². The molecule has 0 radical (unpaired) electrons. The van der Waals surface area contributed by atoms with Gasteiger partial charge in [0, 0.05) is 11.3 Å². The Hall–Kier alpha value is -3.22.